The van der Waals surface area contributed by atoms with Gasteiger partial charge in [0.15, 0.2) is 10.8 Å². The van der Waals surface area contributed by atoms with Gasteiger partial charge in [0.2, 0.25) is 0 Å². The third kappa shape index (κ3) is 2.82. The molecule has 3 aromatic rings. The minimum atomic E-state index is -0.431. The van der Waals surface area contributed by atoms with Crippen molar-refractivity contribution in [3.8, 4) is 0 Å². The average molecular weight is 313 g/mol. The molecule has 22 heavy (non-hydrogen) atoms. The van der Waals surface area contributed by atoms with E-state index in [1.165, 1.54) is 23.9 Å². The highest BCUT2D eigenvalue weighted by Crippen LogP contribution is 2.25. The van der Waals surface area contributed by atoms with E-state index in [0.29, 0.717) is 22.3 Å². The molecule has 0 unspecified atom stereocenters. The molecule has 0 aliphatic carbocycles. The molecular weight excluding hydrogens is 302 g/mol. The molecule has 0 atom stereocenters. The van der Waals surface area contributed by atoms with Crippen LogP contribution in [0.3, 0.4) is 0 Å². The smallest absolute Gasteiger partial charge is 0.269 e. The zero-order valence-corrected chi connectivity index (χ0v) is 12.4. The van der Waals surface area contributed by atoms with Crippen LogP contribution in [0.25, 0.3) is 11.0 Å². The maximum Gasteiger partial charge on any atom is 0.269 e. The van der Waals surface area contributed by atoms with Crippen LogP contribution in [0, 0.1) is 10.1 Å². The lowest BCUT2D eigenvalue weighted by Gasteiger charge is -2.09. The molecule has 0 saturated heterocycles. The summed E-state index contributed by atoms with van der Waals surface area (Å²) in [5, 5.41) is 15.2. The molecule has 110 valence electrons. The number of fused-ring (bicyclic) bond motifs is 1. The summed E-state index contributed by atoms with van der Waals surface area (Å²) in [4.78, 5) is 23.3. The van der Waals surface area contributed by atoms with Crippen LogP contribution < -0.4 is 5.32 Å². The third-order valence-corrected chi connectivity index (χ3v) is 3.52. The van der Waals surface area contributed by atoms with Crippen molar-refractivity contribution in [2.45, 2.75) is 5.16 Å². The largest absolute Gasteiger partial charge is 0.340 e. The lowest BCUT2D eigenvalue weighted by molar-refractivity contribution is -0.384. The number of rotatable bonds is 4. The van der Waals surface area contributed by atoms with Crippen LogP contribution in [0.4, 0.5) is 17.2 Å². The quantitative estimate of drug-likeness (QED) is 0.341. The Bertz CT molecular complexity index is 838. The van der Waals surface area contributed by atoms with Gasteiger partial charge in [-0.3, -0.25) is 10.1 Å². The molecule has 1 aromatic carbocycles. The van der Waals surface area contributed by atoms with E-state index in [4.69, 9.17) is 0 Å². The van der Waals surface area contributed by atoms with Gasteiger partial charge in [0.25, 0.3) is 5.69 Å². The van der Waals surface area contributed by atoms with Gasteiger partial charge in [-0.1, -0.05) is 11.8 Å². The minimum Gasteiger partial charge on any atom is -0.340 e. The van der Waals surface area contributed by atoms with Gasteiger partial charge in [0, 0.05) is 24.0 Å². The van der Waals surface area contributed by atoms with E-state index in [0.717, 1.165) is 5.39 Å². The van der Waals surface area contributed by atoms with Crippen molar-refractivity contribution in [2.24, 2.45) is 0 Å². The standard InChI is InChI=1S/C14H11N5O2S/c1-22-14-17-12-11(3-2-8-15-12)13(18-14)16-9-4-6-10(7-5-9)19(20)21/h2-8H,1H3,(H,15,16,17,18). The van der Waals surface area contributed by atoms with E-state index >= 15 is 0 Å². The van der Waals surface area contributed by atoms with Crippen molar-refractivity contribution < 1.29 is 4.92 Å². The highest BCUT2D eigenvalue weighted by molar-refractivity contribution is 7.98. The summed E-state index contributed by atoms with van der Waals surface area (Å²) < 4.78 is 0. The van der Waals surface area contributed by atoms with Crippen LogP contribution in [-0.4, -0.2) is 26.1 Å². The molecule has 0 radical (unpaired) electrons. The molecule has 0 amide bonds. The van der Waals surface area contributed by atoms with Gasteiger partial charge in [-0.25, -0.2) is 15.0 Å². The van der Waals surface area contributed by atoms with Gasteiger partial charge in [-0.05, 0) is 30.5 Å². The van der Waals surface area contributed by atoms with E-state index in [-0.39, 0.29) is 5.69 Å². The SMILES string of the molecule is CSc1nc(Nc2ccc([N+](=O)[O-])cc2)c2cccnc2n1. The molecule has 0 spiro atoms. The number of non-ortho nitro benzene ring substituents is 1. The number of hydrogen-bond donors (Lipinski definition) is 1. The zero-order valence-electron chi connectivity index (χ0n) is 11.6. The van der Waals surface area contributed by atoms with Gasteiger partial charge in [0.05, 0.1) is 10.3 Å². The molecule has 0 bridgehead atoms. The summed E-state index contributed by atoms with van der Waals surface area (Å²) in [7, 11) is 0. The lowest BCUT2D eigenvalue weighted by Crippen LogP contribution is -1.99. The second-order valence-electron chi connectivity index (χ2n) is 4.36. The summed E-state index contributed by atoms with van der Waals surface area (Å²) >= 11 is 1.42. The number of nitrogens with one attached hydrogen (secondary N) is 1. The first-order valence-corrected chi connectivity index (χ1v) is 7.58. The molecule has 3 rings (SSSR count). The number of aromatic nitrogens is 3. The fourth-order valence-electron chi connectivity index (χ4n) is 1.93. The fraction of sp³-hybridized carbons (Fsp3) is 0.0714. The molecule has 1 N–H and O–H groups in total. The Kier molecular flexibility index (Phi) is 3.84. The van der Waals surface area contributed by atoms with E-state index < -0.39 is 4.92 Å². The van der Waals surface area contributed by atoms with E-state index in [1.807, 2.05) is 18.4 Å². The number of pyridine rings is 1. The number of hydrogen-bond acceptors (Lipinski definition) is 7. The van der Waals surface area contributed by atoms with Crippen LogP contribution in [0.1, 0.15) is 0 Å². The average Bonchev–Trinajstić information content (AvgIpc) is 2.55. The highest BCUT2D eigenvalue weighted by atomic mass is 32.2. The molecule has 2 aromatic heterocycles. The summed E-state index contributed by atoms with van der Waals surface area (Å²) in [5.41, 5.74) is 1.36. The van der Waals surface area contributed by atoms with Crippen LogP contribution in [0.15, 0.2) is 47.8 Å². The monoisotopic (exact) mass is 313 g/mol. The van der Waals surface area contributed by atoms with Gasteiger partial charge >= 0.3 is 0 Å². The maximum atomic E-state index is 10.7. The second-order valence-corrected chi connectivity index (χ2v) is 5.14. The lowest BCUT2D eigenvalue weighted by atomic mass is 10.2. The normalized spacial score (nSPS) is 10.6. The topological polar surface area (TPSA) is 93.8 Å². The first-order valence-electron chi connectivity index (χ1n) is 6.35. The first-order chi connectivity index (χ1) is 10.7. The van der Waals surface area contributed by atoms with Gasteiger partial charge < -0.3 is 5.32 Å². The first kappa shape index (κ1) is 14.2. The van der Waals surface area contributed by atoms with E-state index in [9.17, 15) is 10.1 Å². The van der Waals surface area contributed by atoms with Gasteiger partial charge in [-0.15, -0.1) is 0 Å². The predicted molar refractivity (Wildman–Crippen MR) is 85.5 cm³/mol. The second kappa shape index (κ2) is 5.94. The zero-order chi connectivity index (χ0) is 15.5. The van der Waals surface area contributed by atoms with Crippen molar-refractivity contribution in [3.05, 3.63) is 52.7 Å². The summed E-state index contributed by atoms with van der Waals surface area (Å²) in [5.74, 6) is 0.622. The van der Waals surface area contributed by atoms with Crippen LogP contribution >= 0.6 is 11.8 Å². The third-order valence-electron chi connectivity index (χ3n) is 2.97. The molecule has 2 heterocycles. The number of nitro groups is 1. The van der Waals surface area contributed by atoms with E-state index in [1.54, 1.807) is 18.3 Å². The Morgan fingerprint density at radius 1 is 1.18 bits per heavy atom. The number of anilines is 2. The van der Waals surface area contributed by atoms with Crippen LogP contribution in [0.2, 0.25) is 0 Å². The van der Waals surface area contributed by atoms with Crippen LogP contribution in [0.5, 0.6) is 0 Å². The molecule has 0 aliphatic heterocycles. The number of benzene rings is 1. The maximum absolute atomic E-state index is 10.7. The Labute approximate surface area is 130 Å². The number of nitro benzene ring substituents is 1. The molecule has 0 saturated carbocycles. The number of nitrogens with zero attached hydrogens (tertiary/aromatic N) is 4. The fourth-order valence-corrected chi connectivity index (χ4v) is 2.29. The minimum absolute atomic E-state index is 0.0459. The van der Waals surface area contributed by atoms with Gasteiger partial charge in [0.1, 0.15) is 5.82 Å². The molecular formula is C14H11N5O2S. The van der Waals surface area contributed by atoms with E-state index in [2.05, 4.69) is 20.3 Å². The predicted octanol–water partition coefficient (Wildman–Crippen LogP) is 3.40. The highest BCUT2D eigenvalue weighted by Gasteiger charge is 2.09. The Hall–Kier alpha value is -2.74. The van der Waals surface area contributed by atoms with Crippen molar-refractivity contribution in [1.29, 1.82) is 0 Å². The van der Waals surface area contributed by atoms with Crippen molar-refractivity contribution in [2.75, 3.05) is 11.6 Å². The van der Waals surface area contributed by atoms with Gasteiger partial charge in [-0.2, -0.15) is 0 Å². The number of thioether (sulfide) groups is 1. The Morgan fingerprint density at radius 3 is 2.64 bits per heavy atom. The van der Waals surface area contributed by atoms with Crippen molar-refractivity contribution in [3.63, 3.8) is 0 Å². The Balaban J connectivity index is 2.00. The van der Waals surface area contributed by atoms with Crippen molar-refractivity contribution in [1.82, 2.24) is 15.0 Å². The molecule has 7 nitrogen and oxygen atoms in total. The molecule has 8 heteroatoms. The van der Waals surface area contributed by atoms with Crippen LogP contribution in [-0.2, 0) is 0 Å². The van der Waals surface area contributed by atoms with Crippen molar-refractivity contribution >= 4 is 40.0 Å². The molecule has 0 fully saturated rings. The summed E-state index contributed by atoms with van der Waals surface area (Å²) in [6.07, 6.45) is 3.56. The molecule has 0 aliphatic rings. The summed E-state index contributed by atoms with van der Waals surface area (Å²) in [6.45, 7) is 0. The Morgan fingerprint density at radius 2 is 1.95 bits per heavy atom. The summed E-state index contributed by atoms with van der Waals surface area (Å²) in [6, 6.07) is 9.85.